The van der Waals surface area contributed by atoms with Gasteiger partial charge in [-0.25, -0.2) is 4.79 Å². The van der Waals surface area contributed by atoms with Crippen LogP contribution >= 0.6 is 0 Å². The van der Waals surface area contributed by atoms with E-state index < -0.39 is 48.4 Å². The second kappa shape index (κ2) is 11.5. The van der Waals surface area contributed by atoms with Crippen molar-refractivity contribution in [3.63, 3.8) is 0 Å². The first kappa shape index (κ1) is 28.2. The lowest BCUT2D eigenvalue weighted by atomic mass is 9.83. The number of likely N-dealkylation sites (tertiary alicyclic amines) is 1. The highest BCUT2D eigenvalue weighted by atomic mass is 16.7. The standard InChI is InChI=1S/C27H35NO10/c1-15(28-12-10-27(35,11-13-28)17-6-4-3-5-7-17)20(29)16-8-9-18(19(14-16)36-2)37-26-23(32)21(30)22(31)24(38-26)25(33)34/h3-9,14-15,20-24,26,29-32,35H,10-13H2,1-2H3,(H,33,34)/t15-,20+,21-,22-,23+,24-,26+/m0/s1. The summed E-state index contributed by atoms with van der Waals surface area (Å²) < 4.78 is 16.2. The van der Waals surface area contributed by atoms with E-state index in [4.69, 9.17) is 14.2 Å². The normalized spacial score (nSPS) is 29.3. The fourth-order valence-electron chi connectivity index (χ4n) is 5.06. The number of benzene rings is 2. The molecule has 38 heavy (non-hydrogen) atoms. The molecule has 2 aromatic rings. The smallest absolute Gasteiger partial charge is 0.335 e. The van der Waals surface area contributed by atoms with E-state index in [1.54, 1.807) is 12.1 Å². The Kier molecular flexibility index (Phi) is 8.58. The molecule has 2 saturated heterocycles. The van der Waals surface area contributed by atoms with Gasteiger partial charge in [0.05, 0.1) is 18.8 Å². The Balaban J connectivity index is 1.43. The van der Waals surface area contributed by atoms with Crippen molar-refractivity contribution in [1.82, 2.24) is 4.90 Å². The van der Waals surface area contributed by atoms with E-state index in [1.807, 2.05) is 37.3 Å². The van der Waals surface area contributed by atoms with Gasteiger partial charge >= 0.3 is 5.97 Å². The Bertz CT molecular complexity index is 1090. The minimum atomic E-state index is -1.83. The second-order valence-electron chi connectivity index (χ2n) is 9.88. The fraction of sp³-hybridized carbons (Fsp3) is 0.519. The van der Waals surface area contributed by atoms with Crippen LogP contribution in [-0.2, 0) is 15.1 Å². The largest absolute Gasteiger partial charge is 0.493 e. The third kappa shape index (κ3) is 5.64. The molecule has 0 amide bonds. The summed E-state index contributed by atoms with van der Waals surface area (Å²) in [7, 11) is 1.38. The van der Waals surface area contributed by atoms with Crippen LogP contribution in [0.5, 0.6) is 11.5 Å². The summed E-state index contributed by atoms with van der Waals surface area (Å²) in [6.45, 7) is 3.09. The number of ether oxygens (including phenoxy) is 3. The van der Waals surface area contributed by atoms with E-state index in [0.717, 1.165) is 5.56 Å². The highest BCUT2D eigenvalue weighted by molar-refractivity contribution is 5.73. The van der Waals surface area contributed by atoms with Gasteiger partial charge in [0.1, 0.15) is 18.3 Å². The van der Waals surface area contributed by atoms with Gasteiger partial charge in [0.25, 0.3) is 0 Å². The van der Waals surface area contributed by atoms with Crippen molar-refractivity contribution in [3.8, 4) is 11.5 Å². The fourth-order valence-corrected chi connectivity index (χ4v) is 5.06. The Morgan fingerprint density at radius 2 is 1.68 bits per heavy atom. The van der Waals surface area contributed by atoms with Crippen LogP contribution in [0.4, 0.5) is 0 Å². The number of aliphatic hydroxyl groups excluding tert-OH is 4. The molecule has 0 aliphatic carbocycles. The highest BCUT2D eigenvalue weighted by Crippen LogP contribution is 2.37. The maximum atomic E-state index is 11.4. The average molecular weight is 534 g/mol. The predicted molar refractivity (Wildman–Crippen MR) is 134 cm³/mol. The molecule has 2 aliphatic heterocycles. The van der Waals surface area contributed by atoms with Crippen LogP contribution in [0.25, 0.3) is 0 Å². The highest BCUT2D eigenvalue weighted by Gasteiger charge is 2.48. The zero-order valence-electron chi connectivity index (χ0n) is 21.3. The molecule has 2 fully saturated rings. The van der Waals surface area contributed by atoms with Crippen LogP contribution in [-0.4, -0.2) is 98.5 Å². The summed E-state index contributed by atoms with van der Waals surface area (Å²) in [6, 6.07) is 14.0. The number of methoxy groups -OCH3 is 1. The third-order valence-corrected chi connectivity index (χ3v) is 7.55. The van der Waals surface area contributed by atoms with Gasteiger partial charge in [0.2, 0.25) is 6.29 Å². The maximum Gasteiger partial charge on any atom is 0.335 e. The number of hydrogen-bond donors (Lipinski definition) is 6. The molecule has 6 N–H and O–H groups in total. The SMILES string of the molecule is COc1cc([C@H](O)[C@H](C)N2CCC(O)(c3ccccc3)CC2)ccc1O[C@@H]1O[C@H](C(=O)O)[C@@H](O)[C@H](O)[C@H]1O. The summed E-state index contributed by atoms with van der Waals surface area (Å²) in [5.41, 5.74) is 0.520. The predicted octanol–water partition coefficient (Wildman–Crippen LogP) is 0.372. The number of carboxylic acid groups (broad SMARTS) is 1. The van der Waals surface area contributed by atoms with Crippen molar-refractivity contribution in [3.05, 3.63) is 59.7 Å². The molecule has 2 aromatic carbocycles. The van der Waals surface area contributed by atoms with Crippen LogP contribution in [0.1, 0.15) is 37.0 Å². The number of aliphatic hydroxyl groups is 5. The van der Waals surface area contributed by atoms with Gasteiger partial charge < -0.3 is 44.8 Å². The van der Waals surface area contributed by atoms with Crippen LogP contribution in [0, 0.1) is 0 Å². The number of carbonyl (C=O) groups is 1. The number of carboxylic acids is 1. The lowest BCUT2D eigenvalue weighted by Gasteiger charge is -2.42. The van der Waals surface area contributed by atoms with E-state index in [9.17, 15) is 35.4 Å². The number of piperidine rings is 1. The van der Waals surface area contributed by atoms with Crippen LogP contribution < -0.4 is 9.47 Å². The number of hydrogen-bond acceptors (Lipinski definition) is 10. The van der Waals surface area contributed by atoms with Crippen molar-refractivity contribution in [2.45, 2.75) is 68.2 Å². The Morgan fingerprint density at radius 3 is 2.29 bits per heavy atom. The monoisotopic (exact) mass is 533 g/mol. The van der Waals surface area contributed by atoms with Gasteiger partial charge in [-0.3, -0.25) is 4.90 Å². The second-order valence-corrected chi connectivity index (χ2v) is 9.88. The summed E-state index contributed by atoms with van der Waals surface area (Å²) in [5.74, 6) is -1.25. The minimum absolute atomic E-state index is 0.0822. The van der Waals surface area contributed by atoms with Crippen molar-refractivity contribution in [1.29, 1.82) is 0 Å². The Morgan fingerprint density at radius 1 is 1.03 bits per heavy atom. The van der Waals surface area contributed by atoms with Crippen LogP contribution in [0.2, 0.25) is 0 Å². The van der Waals surface area contributed by atoms with E-state index in [-0.39, 0.29) is 17.5 Å². The molecule has 0 radical (unpaired) electrons. The molecule has 0 unspecified atom stereocenters. The molecule has 0 bridgehead atoms. The molecule has 2 heterocycles. The van der Waals surface area contributed by atoms with Crippen LogP contribution in [0.3, 0.4) is 0 Å². The Hall–Kier alpha value is -2.77. The van der Waals surface area contributed by atoms with Gasteiger partial charge in [-0.2, -0.15) is 0 Å². The van der Waals surface area contributed by atoms with E-state index in [0.29, 0.717) is 31.5 Å². The summed E-state index contributed by atoms with van der Waals surface area (Å²) in [5, 5.41) is 61.6. The van der Waals surface area contributed by atoms with E-state index >= 15 is 0 Å². The first-order chi connectivity index (χ1) is 18.1. The van der Waals surface area contributed by atoms with Crippen LogP contribution in [0.15, 0.2) is 48.5 Å². The van der Waals surface area contributed by atoms with Gasteiger partial charge in [0.15, 0.2) is 17.6 Å². The van der Waals surface area contributed by atoms with Crippen molar-refractivity contribution in [2.24, 2.45) is 0 Å². The van der Waals surface area contributed by atoms with Crippen molar-refractivity contribution in [2.75, 3.05) is 20.2 Å². The average Bonchev–Trinajstić information content (AvgIpc) is 2.93. The molecule has 4 rings (SSSR count). The first-order valence-corrected chi connectivity index (χ1v) is 12.5. The van der Waals surface area contributed by atoms with Gasteiger partial charge in [0, 0.05) is 19.1 Å². The molecular formula is C27H35NO10. The molecule has 2 aliphatic rings. The summed E-state index contributed by atoms with van der Waals surface area (Å²) in [4.78, 5) is 13.5. The Labute approximate surface area is 220 Å². The summed E-state index contributed by atoms with van der Waals surface area (Å²) >= 11 is 0. The lowest BCUT2D eigenvalue weighted by molar-refractivity contribution is -0.271. The molecule has 11 heteroatoms. The third-order valence-electron chi connectivity index (χ3n) is 7.55. The molecule has 0 spiro atoms. The van der Waals surface area contributed by atoms with E-state index in [2.05, 4.69) is 4.90 Å². The number of rotatable bonds is 8. The van der Waals surface area contributed by atoms with Gasteiger partial charge in [-0.1, -0.05) is 36.4 Å². The number of nitrogens with zero attached hydrogens (tertiary/aromatic N) is 1. The molecule has 11 nitrogen and oxygen atoms in total. The minimum Gasteiger partial charge on any atom is -0.493 e. The lowest BCUT2D eigenvalue weighted by Crippen LogP contribution is -2.61. The maximum absolute atomic E-state index is 11.4. The van der Waals surface area contributed by atoms with E-state index in [1.165, 1.54) is 13.2 Å². The quantitative estimate of drug-likeness (QED) is 0.277. The zero-order valence-corrected chi connectivity index (χ0v) is 21.3. The van der Waals surface area contributed by atoms with Crippen molar-refractivity contribution >= 4 is 5.97 Å². The zero-order chi connectivity index (χ0) is 27.6. The first-order valence-electron chi connectivity index (χ1n) is 12.5. The molecule has 0 aromatic heterocycles. The molecule has 0 saturated carbocycles. The summed E-state index contributed by atoms with van der Waals surface area (Å²) in [6.07, 6.45) is -8.56. The number of aliphatic carboxylic acids is 1. The molecule has 7 atom stereocenters. The van der Waals surface area contributed by atoms with Gasteiger partial charge in [-0.15, -0.1) is 0 Å². The topological polar surface area (TPSA) is 169 Å². The molecule has 208 valence electrons. The van der Waals surface area contributed by atoms with Crippen molar-refractivity contribution < 1.29 is 49.6 Å². The molecular weight excluding hydrogens is 498 g/mol. The van der Waals surface area contributed by atoms with Gasteiger partial charge in [-0.05, 0) is 43.0 Å².